The molecule has 1 aliphatic heterocycles. The number of ether oxygens (including phenoxy) is 2. The molecule has 8 nitrogen and oxygen atoms in total. The van der Waals surface area contributed by atoms with Crippen molar-refractivity contribution < 1.29 is 27.5 Å². The van der Waals surface area contributed by atoms with Gasteiger partial charge < -0.3 is 14.8 Å². The normalized spacial score (nSPS) is 20.3. The summed E-state index contributed by atoms with van der Waals surface area (Å²) in [5.41, 5.74) is 0.00342. The van der Waals surface area contributed by atoms with Crippen molar-refractivity contribution in [2.24, 2.45) is 0 Å². The summed E-state index contributed by atoms with van der Waals surface area (Å²) < 4.78 is 38.0. The Kier molecular flexibility index (Phi) is 8.45. The van der Waals surface area contributed by atoms with Crippen molar-refractivity contribution >= 4 is 33.5 Å². The standard InChI is InChI=1S/C19H27ClN2O6S/c1-4-5-8-21-18(23)12-27-19(24)15-6-7-16(20)17(9-15)29(25,26)22-10-13(2)28-14(3)11-22/h6-7,9,13-14H,4-5,8,10-12H2,1-3H3,(H,21,23). The Morgan fingerprint density at radius 1 is 1.28 bits per heavy atom. The van der Waals surface area contributed by atoms with Gasteiger partial charge in [0.25, 0.3) is 5.91 Å². The average Bonchev–Trinajstić information content (AvgIpc) is 2.65. The van der Waals surface area contributed by atoms with Crippen molar-refractivity contribution in [3.8, 4) is 0 Å². The molecule has 0 radical (unpaired) electrons. The third-order valence-electron chi connectivity index (χ3n) is 4.36. The third kappa shape index (κ3) is 6.40. The fourth-order valence-electron chi connectivity index (χ4n) is 2.96. The molecule has 2 unspecified atom stereocenters. The van der Waals surface area contributed by atoms with E-state index in [1.807, 2.05) is 6.92 Å². The van der Waals surface area contributed by atoms with E-state index in [1.54, 1.807) is 13.8 Å². The minimum absolute atomic E-state index is 0.00342. The van der Waals surface area contributed by atoms with E-state index >= 15 is 0 Å². The van der Waals surface area contributed by atoms with E-state index in [0.717, 1.165) is 12.8 Å². The maximum atomic E-state index is 13.1. The molecule has 2 rings (SSSR count). The van der Waals surface area contributed by atoms with Crippen LogP contribution in [-0.4, -0.2) is 63.0 Å². The van der Waals surface area contributed by atoms with Crippen LogP contribution in [0.2, 0.25) is 5.02 Å². The van der Waals surface area contributed by atoms with Gasteiger partial charge in [-0.3, -0.25) is 4.79 Å². The molecule has 162 valence electrons. The number of hydrogen-bond acceptors (Lipinski definition) is 6. The molecule has 1 aromatic rings. The summed E-state index contributed by atoms with van der Waals surface area (Å²) in [6.45, 7) is 6.03. The number of sulfonamides is 1. The van der Waals surface area contributed by atoms with Crippen LogP contribution in [0.4, 0.5) is 0 Å². The van der Waals surface area contributed by atoms with Gasteiger partial charge in [0.05, 0.1) is 22.8 Å². The highest BCUT2D eigenvalue weighted by molar-refractivity contribution is 7.89. The molecule has 1 aromatic carbocycles. The summed E-state index contributed by atoms with van der Waals surface area (Å²) in [6.07, 6.45) is 1.25. The summed E-state index contributed by atoms with van der Waals surface area (Å²) in [5, 5.41) is 2.64. The summed E-state index contributed by atoms with van der Waals surface area (Å²) in [6, 6.07) is 3.88. The number of hydrogen-bond donors (Lipinski definition) is 1. The zero-order chi connectivity index (χ0) is 21.6. The molecular weight excluding hydrogens is 420 g/mol. The van der Waals surface area contributed by atoms with Crippen molar-refractivity contribution in [2.75, 3.05) is 26.2 Å². The first-order chi connectivity index (χ1) is 13.6. The Morgan fingerprint density at radius 3 is 2.55 bits per heavy atom. The number of carbonyl (C=O) groups is 2. The molecule has 0 spiro atoms. The minimum atomic E-state index is -3.93. The van der Waals surface area contributed by atoms with Crippen LogP contribution in [0.3, 0.4) is 0 Å². The van der Waals surface area contributed by atoms with E-state index in [1.165, 1.54) is 22.5 Å². The lowest BCUT2D eigenvalue weighted by molar-refractivity contribution is -0.124. The summed E-state index contributed by atoms with van der Waals surface area (Å²) in [4.78, 5) is 23.8. The molecule has 0 aliphatic carbocycles. The molecule has 0 bridgehead atoms. The fraction of sp³-hybridized carbons (Fsp3) is 0.579. The van der Waals surface area contributed by atoms with E-state index < -0.39 is 28.5 Å². The number of halogens is 1. The van der Waals surface area contributed by atoms with Gasteiger partial charge in [0, 0.05) is 19.6 Å². The van der Waals surface area contributed by atoms with E-state index in [9.17, 15) is 18.0 Å². The Bertz CT molecular complexity index is 835. The predicted octanol–water partition coefficient (Wildman–Crippen LogP) is 2.21. The number of morpholine rings is 1. The second-order valence-electron chi connectivity index (χ2n) is 7.00. The van der Waals surface area contributed by atoms with E-state index in [-0.39, 0.29) is 40.8 Å². The van der Waals surface area contributed by atoms with Crippen LogP contribution >= 0.6 is 11.6 Å². The van der Waals surface area contributed by atoms with Crippen LogP contribution in [0.15, 0.2) is 23.1 Å². The molecule has 1 fully saturated rings. The zero-order valence-corrected chi connectivity index (χ0v) is 18.4. The van der Waals surface area contributed by atoms with E-state index in [2.05, 4.69) is 5.32 Å². The monoisotopic (exact) mass is 446 g/mol. The van der Waals surface area contributed by atoms with Crippen molar-refractivity contribution in [1.82, 2.24) is 9.62 Å². The van der Waals surface area contributed by atoms with Crippen molar-refractivity contribution in [1.29, 1.82) is 0 Å². The highest BCUT2D eigenvalue weighted by atomic mass is 35.5. The Hall–Kier alpha value is -1.68. The summed E-state index contributed by atoms with van der Waals surface area (Å²) >= 11 is 6.12. The van der Waals surface area contributed by atoms with E-state index in [0.29, 0.717) is 6.54 Å². The first-order valence-electron chi connectivity index (χ1n) is 9.54. The van der Waals surface area contributed by atoms with Gasteiger partial charge >= 0.3 is 5.97 Å². The predicted molar refractivity (Wildman–Crippen MR) is 108 cm³/mol. The maximum Gasteiger partial charge on any atom is 0.338 e. The van der Waals surface area contributed by atoms with Gasteiger partial charge in [-0.25, -0.2) is 13.2 Å². The van der Waals surface area contributed by atoms with E-state index in [4.69, 9.17) is 21.1 Å². The fourth-order valence-corrected chi connectivity index (χ4v) is 5.06. The molecule has 10 heteroatoms. The first-order valence-corrected chi connectivity index (χ1v) is 11.4. The van der Waals surface area contributed by atoms with Gasteiger partial charge in [0.2, 0.25) is 10.0 Å². The van der Waals surface area contributed by atoms with Crippen LogP contribution in [-0.2, 0) is 24.3 Å². The summed E-state index contributed by atoms with van der Waals surface area (Å²) in [7, 11) is -3.93. The van der Waals surface area contributed by atoms with Crippen molar-refractivity contribution in [2.45, 2.75) is 50.7 Å². The molecule has 2 atom stereocenters. The van der Waals surface area contributed by atoms with Crippen LogP contribution in [0.25, 0.3) is 0 Å². The number of esters is 1. The van der Waals surface area contributed by atoms with Gasteiger partial charge in [-0.05, 0) is 38.5 Å². The van der Waals surface area contributed by atoms with Crippen LogP contribution in [0, 0.1) is 0 Å². The van der Waals surface area contributed by atoms with Gasteiger partial charge in [-0.2, -0.15) is 4.31 Å². The number of nitrogens with zero attached hydrogens (tertiary/aromatic N) is 1. The second-order valence-corrected chi connectivity index (χ2v) is 9.32. The SMILES string of the molecule is CCCCNC(=O)COC(=O)c1ccc(Cl)c(S(=O)(=O)N2CC(C)OC(C)C2)c1. The van der Waals surface area contributed by atoms with Gasteiger partial charge in [-0.15, -0.1) is 0 Å². The zero-order valence-electron chi connectivity index (χ0n) is 16.8. The molecule has 1 N–H and O–H groups in total. The van der Waals surface area contributed by atoms with Gasteiger partial charge in [0.15, 0.2) is 6.61 Å². The number of amides is 1. The molecule has 29 heavy (non-hydrogen) atoms. The van der Waals surface area contributed by atoms with Crippen molar-refractivity contribution in [3.63, 3.8) is 0 Å². The number of nitrogens with one attached hydrogen (secondary N) is 1. The second kappa shape index (κ2) is 10.4. The van der Waals surface area contributed by atoms with Gasteiger partial charge in [-0.1, -0.05) is 24.9 Å². The number of rotatable bonds is 8. The third-order valence-corrected chi connectivity index (χ3v) is 6.67. The average molecular weight is 447 g/mol. The lowest BCUT2D eigenvalue weighted by Crippen LogP contribution is -2.48. The number of carbonyl (C=O) groups excluding carboxylic acids is 2. The lowest BCUT2D eigenvalue weighted by atomic mass is 10.2. The maximum absolute atomic E-state index is 13.1. The first kappa shape index (κ1) is 23.6. The Morgan fingerprint density at radius 2 is 1.93 bits per heavy atom. The molecule has 1 heterocycles. The van der Waals surface area contributed by atoms with Crippen LogP contribution < -0.4 is 5.32 Å². The topological polar surface area (TPSA) is 102 Å². The van der Waals surface area contributed by atoms with Crippen LogP contribution in [0.1, 0.15) is 44.0 Å². The quantitative estimate of drug-likeness (QED) is 0.485. The smallest absolute Gasteiger partial charge is 0.338 e. The molecule has 1 aliphatic rings. The molecular formula is C19H27ClN2O6S. The molecule has 0 aromatic heterocycles. The largest absolute Gasteiger partial charge is 0.452 e. The number of unbranched alkanes of at least 4 members (excludes halogenated alkanes) is 1. The van der Waals surface area contributed by atoms with Crippen molar-refractivity contribution in [3.05, 3.63) is 28.8 Å². The summed E-state index contributed by atoms with van der Waals surface area (Å²) in [5.74, 6) is -1.21. The Labute approximate surface area is 176 Å². The Balaban J connectivity index is 2.12. The highest BCUT2D eigenvalue weighted by Crippen LogP contribution is 2.28. The molecule has 1 saturated heterocycles. The molecule has 0 saturated carbocycles. The number of benzene rings is 1. The van der Waals surface area contributed by atoms with Crippen LogP contribution in [0.5, 0.6) is 0 Å². The lowest BCUT2D eigenvalue weighted by Gasteiger charge is -2.34. The van der Waals surface area contributed by atoms with Gasteiger partial charge in [0.1, 0.15) is 4.90 Å². The highest BCUT2D eigenvalue weighted by Gasteiger charge is 2.34. The molecule has 1 amide bonds. The minimum Gasteiger partial charge on any atom is -0.452 e.